The minimum Gasteiger partial charge on any atom is -0.493 e. The van der Waals surface area contributed by atoms with Crippen LogP contribution in [-0.4, -0.2) is 51.9 Å². The molecule has 2 amide bonds. The minimum atomic E-state index is -0.667. The van der Waals surface area contributed by atoms with Gasteiger partial charge in [0.15, 0.2) is 23.0 Å². The van der Waals surface area contributed by atoms with E-state index in [0.717, 1.165) is 4.47 Å². The van der Waals surface area contributed by atoms with Crippen molar-refractivity contribution in [1.82, 2.24) is 5.43 Å². The zero-order chi connectivity index (χ0) is 32.3. The van der Waals surface area contributed by atoms with Crippen LogP contribution in [0.5, 0.6) is 28.7 Å². The largest absolute Gasteiger partial charge is 0.493 e. The van der Waals surface area contributed by atoms with Crippen molar-refractivity contribution in [3.8, 4) is 28.7 Å². The van der Waals surface area contributed by atoms with Crippen molar-refractivity contribution in [3.63, 3.8) is 0 Å². The molecule has 0 radical (unpaired) electrons. The smallest absolute Gasteiger partial charge is 0.343 e. The lowest BCUT2D eigenvalue weighted by molar-refractivity contribution is 0.0727. The number of hydrazone groups is 1. The van der Waals surface area contributed by atoms with Crippen LogP contribution in [-0.2, 0) is 0 Å². The van der Waals surface area contributed by atoms with Gasteiger partial charge in [-0.25, -0.2) is 10.2 Å². The lowest BCUT2D eigenvalue weighted by Crippen LogP contribution is -2.18. The number of methoxy groups -OCH3 is 3. The summed E-state index contributed by atoms with van der Waals surface area (Å²) in [6.45, 7) is 2.10. The number of hydrogen-bond donors (Lipinski definition) is 2. The number of halogens is 1. The maximum atomic E-state index is 13.0. The van der Waals surface area contributed by atoms with Crippen molar-refractivity contribution >= 4 is 45.6 Å². The Morgan fingerprint density at radius 3 is 2.11 bits per heavy atom. The minimum absolute atomic E-state index is 0.178. The first-order valence-corrected chi connectivity index (χ1v) is 14.3. The fourth-order valence-corrected chi connectivity index (χ4v) is 4.35. The Labute approximate surface area is 268 Å². The Balaban J connectivity index is 1.43. The first kappa shape index (κ1) is 32.6. The molecule has 2 N–H and O–H groups in total. The number of ether oxygens (including phenoxy) is 5. The van der Waals surface area contributed by atoms with E-state index in [-0.39, 0.29) is 17.2 Å². The molecule has 0 saturated carbocycles. The second-order valence-electron chi connectivity index (χ2n) is 9.18. The molecule has 0 saturated heterocycles. The SMILES string of the molecule is CCOc1cc(C=NNC(=O)c2cccc(NC(=O)c3ccc(Br)cc3)c2)ccc1OC(=O)c1cc(OC)c(OC)c(OC)c1. The molecule has 0 aliphatic carbocycles. The number of esters is 1. The molecule has 0 aliphatic heterocycles. The monoisotopic (exact) mass is 675 g/mol. The zero-order valence-electron chi connectivity index (χ0n) is 24.9. The van der Waals surface area contributed by atoms with Crippen molar-refractivity contribution in [2.24, 2.45) is 5.10 Å². The molecule has 0 aromatic heterocycles. The van der Waals surface area contributed by atoms with E-state index in [0.29, 0.717) is 52.0 Å². The molecule has 4 rings (SSSR count). The fraction of sp³-hybridized carbons (Fsp3) is 0.152. The summed E-state index contributed by atoms with van der Waals surface area (Å²) in [4.78, 5) is 38.3. The third kappa shape index (κ3) is 8.39. The van der Waals surface area contributed by atoms with Crippen molar-refractivity contribution in [3.05, 3.63) is 106 Å². The fourth-order valence-electron chi connectivity index (χ4n) is 4.09. The molecular formula is C33H30BrN3O8. The van der Waals surface area contributed by atoms with Gasteiger partial charge < -0.3 is 29.0 Å². The van der Waals surface area contributed by atoms with Gasteiger partial charge >= 0.3 is 5.97 Å². The third-order valence-electron chi connectivity index (χ3n) is 6.24. The summed E-state index contributed by atoms with van der Waals surface area (Å²) >= 11 is 3.34. The van der Waals surface area contributed by atoms with Gasteiger partial charge in [-0.05, 0) is 85.3 Å². The number of carbonyl (C=O) groups is 3. The van der Waals surface area contributed by atoms with E-state index in [2.05, 4.69) is 31.8 Å². The quantitative estimate of drug-likeness (QED) is 0.0795. The highest BCUT2D eigenvalue weighted by Crippen LogP contribution is 2.39. The van der Waals surface area contributed by atoms with Crippen LogP contribution in [0.3, 0.4) is 0 Å². The zero-order valence-corrected chi connectivity index (χ0v) is 26.5. The number of carbonyl (C=O) groups excluding carboxylic acids is 3. The van der Waals surface area contributed by atoms with Gasteiger partial charge in [0.1, 0.15) is 0 Å². The molecule has 0 aliphatic rings. The first-order chi connectivity index (χ1) is 21.8. The maximum absolute atomic E-state index is 13.0. The lowest BCUT2D eigenvalue weighted by Gasteiger charge is -2.15. The topological polar surface area (TPSA) is 134 Å². The van der Waals surface area contributed by atoms with Gasteiger partial charge in [0.05, 0.1) is 39.7 Å². The van der Waals surface area contributed by atoms with Crippen LogP contribution >= 0.6 is 15.9 Å². The number of hydrogen-bond acceptors (Lipinski definition) is 9. The first-order valence-electron chi connectivity index (χ1n) is 13.6. The Morgan fingerprint density at radius 2 is 1.47 bits per heavy atom. The molecule has 45 heavy (non-hydrogen) atoms. The van der Waals surface area contributed by atoms with Gasteiger partial charge in [-0.15, -0.1) is 0 Å². The molecule has 0 atom stereocenters. The maximum Gasteiger partial charge on any atom is 0.343 e. The molecule has 12 heteroatoms. The van der Waals surface area contributed by atoms with E-state index in [1.54, 1.807) is 73.7 Å². The molecule has 232 valence electrons. The molecule has 0 unspecified atom stereocenters. The number of amides is 2. The molecule has 0 bridgehead atoms. The number of nitrogens with zero attached hydrogens (tertiary/aromatic N) is 1. The highest BCUT2D eigenvalue weighted by Gasteiger charge is 2.20. The summed E-state index contributed by atoms with van der Waals surface area (Å²) < 4.78 is 28.1. The van der Waals surface area contributed by atoms with E-state index in [1.807, 2.05) is 0 Å². The summed E-state index contributed by atoms with van der Waals surface area (Å²) in [5.41, 5.74) is 4.45. The van der Waals surface area contributed by atoms with Crippen LogP contribution in [0.2, 0.25) is 0 Å². The predicted molar refractivity (Wildman–Crippen MR) is 172 cm³/mol. The van der Waals surface area contributed by atoms with E-state index >= 15 is 0 Å². The standard InChI is InChI=1S/C33H30BrN3O8/c1-5-44-27-15-20(9-14-26(27)45-33(40)23-17-28(41-2)30(43-4)29(18-23)42-3)19-35-37-32(39)22-7-6-8-25(16-22)36-31(38)21-10-12-24(34)13-11-21/h6-19H,5H2,1-4H3,(H,36,38)(H,37,39). The predicted octanol–water partition coefficient (Wildman–Crippen LogP) is 6.11. The highest BCUT2D eigenvalue weighted by molar-refractivity contribution is 9.10. The van der Waals surface area contributed by atoms with Crippen molar-refractivity contribution in [2.45, 2.75) is 6.92 Å². The molecule has 11 nitrogen and oxygen atoms in total. The number of nitrogens with one attached hydrogen (secondary N) is 2. The van der Waals surface area contributed by atoms with E-state index < -0.39 is 11.9 Å². The highest BCUT2D eigenvalue weighted by atomic mass is 79.9. The molecule has 4 aromatic rings. The van der Waals surface area contributed by atoms with Gasteiger partial charge in [0.25, 0.3) is 11.8 Å². The average Bonchev–Trinajstić information content (AvgIpc) is 3.05. The van der Waals surface area contributed by atoms with Gasteiger partial charge in [0.2, 0.25) is 5.75 Å². The van der Waals surface area contributed by atoms with E-state index in [1.165, 1.54) is 39.7 Å². The summed E-state index contributed by atoms with van der Waals surface area (Å²) in [7, 11) is 4.37. The van der Waals surface area contributed by atoms with Crippen LogP contribution in [0.15, 0.2) is 88.4 Å². The van der Waals surface area contributed by atoms with Crippen molar-refractivity contribution < 1.29 is 38.1 Å². The van der Waals surface area contributed by atoms with Crippen LogP contribution in [0, 0.1) is 0 Å². The summed E-state index contributed by atoms with van der Waals surface area (Å²) in [5, 5.41) is 6.82. The van der Waals surface area contributed by atoms with Gasteiger partial charge in [-0.2, -0.15) is 5.10 Å². The second kappa shape index (κ2) is 15.4. The molecule has 0 fully saturated rings. The van der Waals surface area contributed by atoms with Gasteiger partial charge in [-0.3, -0.25) is 9.59 Å². The molecule has 0 spiro atoms. The van der Waals surface area contributed by atoms with Crippen LogP contribution < -0.4 is 34.4 Å². The lowest BCUT2D eigenvalue weighted by atomic mass is 10.1. The summed E-state index contributed by atoms with van der Waals surface area (Å²) in [6, 6.07) is 21.2. The number of anilines is 1. The summed E-state index contributed by atoms with van der Waals surface area (Å²) in [6.07, 6.45) is 1.42. The normalized spacial score (nSPS) is 10.6. The Morgan fingerprint density at radius 1 is 0.756 bits per heavy atom. The van der Waals surface area contributed by atoms with Crippen LogP contribution in [0.4, 0.5) is 5.69 Å². The molecule has 0 heterocycles. The molecular weight excluding hydrogens is 646 g/mol. The Kier molecular flexibility index (Phi) is 11.1. The van der Waals surface area contributed by atoms with Crippen molar-refractivity contribution in [2.75, 3.05) is 33.3 Å². The third-order valence-corrected chi connectivity index (χ3v) is 6.77. The second-order valence-corrected chi connectivity index (χ2v) is 10.1. The van der Waals surface area contributed by atoms with Gasteiger partial charge in [-0.1, -0.05) is 22.0 Å². The Bertz CT molecular complexity index is 1700. The van der Waals surface area contributed by atoms with Crippen molar-refractivity contribution in [1.29, 1.82) is 0 Å². The average molecular weight is 677 g/mol. The number of benzene rings is 4. The van der Waals surface area contributed by atoms with E-state index in [4.69, 9.17) is 23.7 Å². The van der Waals surface area contributed by atoms with E-state index in [9.17, 15) is 14.4 Å². The Hall–Kier alpha value is -5.36. The summed E-state index contributed by atoms with van der Waals surface area (Å²) in [5.74, 6) is -0.0221. The van der Waals surface area contributed by atoms with Crippen LogP contribution in [0.25, 0.3) is 0 Å². The number of rotatable bonds is 12. The van der Waals surface area contributed by atoms with Crippen LogP contribution in [0.1, 0.15) is 43.6 Å². The van der Waals surface area contributed by atoms with Gasteiger partial charge in [0, 0.05) is 21.3 Å². The molecule has 4 aromatic carbocycles.